The van der Waals surface area contributed by atoms with Crippen LogP contribution in [0.2, 0.25) is 0 Å². The Labute approximate surface area is 148 Å². The molecule has 0 radical (unpaired) electrons. The number of amides is 1. The summed E-state index contributed by atoms with van der Waals surface area (Å²) in [6, 6.07) is 17.0. The molecule has 2 heterocycles. The number of likely N-dealkylation sites (tertiary alicyclic amines) is 1. The number of carbonyl (C=O) groups excluding carboxylic acids is 1. The molecule has 0 spiro atoms. The molecular formula is C22H24N2O. The fraction of sp³-hybridized carbons (Fsp3) is 0.318. The number of aromatic amines is 1. The van der Waals surface area contributed by atoms with Gasteiger partial charge in [-0.1, -0.05) is 36.4 Å². The number of H-pyrrole nitrogens is 1. The van der Waals surface area contributed by atoms with Gasteiger partial charge in [0.25, 0.3) is 5.91 Å². The molecule has 128 valence electrons. The molecule has 2 atom stereocenters. The number of aryl methyl sites for hydroxylation is 2. The van der Waals surface area contributed by atoms with Gasteiger partial charge in [0, 0.05) is 29.4 Å². The lowest BCUT2D eigenvalue weighted by atomic mass is 9.93. The van der Waals surface area contributed by atoms with Crippen LogP contribution in [0, 0.1) is 13.8 Å². The van der Waals surface area contributed by atoms with Gasteiger partial charge in [0.15, 0.2) is 0 Å². The van der Waals surface area contributed by atoms with Gasteiger partial charge in [-0.2, -0.15) is 0 Å². The van der Waals surface area contributed by atoms with Gasteiger partial charge in [-0.25, -0.2) is 0 Å². The van der Waals surface area contributed by atoms with Crippen LogP contribution in [-0.2, 0) is 0 Å². The maximum atomic E-state index is 13.1. The third-order valence-electron chi connectivity index (χ3n) is 5.47. The van der Waals surface area contributed by atoms with E-state index in [2.05, 4.69) is 68.2 Å². The normalized spacial score (nSPS) is 20.4. The van der Waals surface area contributed by atoms with E-state index < -0.39 is 0 Å². The van der Waals surface area contributed by atoms with E-state index in [9.17, 15) is 4.79 Å². The summed E-state index contributed by atoms with van der Waals surface area (Å²) in [6.07, 6.45) is 1.02. The SMILES string of the molecule is Cc1ccc2cc(C(=O)N3C[C@@H](c4ccccc4C)C[C@@H]3C)[nH]c2c1. The zero-order chi connectivity index (χ0) is 17.6. The molecule has 1 aromatic heterocycles. The van der Waals surface area contributed by atoms with Gasteiger partial charge in [-0.05, 0) is 56.0 Å². The van der Waals surface area contributed by atoms with E-state index in [0.29, 0.717) is 11.6 Å². The highest BCUT2D eigenvalue weighted by molar-refractivity contribution is 5.98. The molecule has 1 aliphatic rings. The van der Waals surface area contributed by atoms with Crippen LogP contribution in [0.1, 0.15) is 46.4 Å². The summed E-state index contributed by atoms with van der Waals surface area (Å²) >= 11 is 0. The van der Waals surface area contributed by atoms with Crippen LogP contribution in [0.5, 0.6) is 0 Å². The predicted octanol–water partition coefficient (Wildman–Crippen LogP) is 4.80. The smallest absolute Gasteiger partial charge is 0.270 e. The quantitative estimate of drug-likeness (QED) is 0.719. The minimum Gasteiger partial charge on any atom is -0.351 e. The molecular weight excluding hydrogens is 308 g/mol. The Morgan fingerprint density at radius 3 is 2.72 bits per heavy atom. The van der Waals surface area contributed by atoms with E-state index in [4.69, 9.17) is 0 Å². The second-order valence-electron chi connectivity index (χ2n) is 7.37. The van der Waals surface area contributed by atoms with E-state index in [1.54, 1.807) is 0 Å². The lowest BCUT2D eigenvalue weighted by molar-refractivity contribution is 0.0741. The largest absolute Gasteiger partial charge is 0.351 e. The maximum absolute atomic E-state index is 13.1. The molecule has 3 aromatic rings. The number of hydrogen-bond acceptors (Lipinski definition) is 1. The van der Waals surface area contributed by atoms with E-state index in [0.717, 1.165) is 23.9 Å². The number of benzene rings is 2. The second-order valence-corrected chi connectivity index (χ2v) is 7.37. The van der Waals surface area contributed by atoms with Crippen LogP contribution in [0.25, 0.3) is 10.9 Å². The van der Waals surface area contributed by atoms with Crippen molar-refractivity contribution >= 4 is 16.8 Å². The first-order valence-electron chi connectivity index (χ1n) is 8.99. The molecule has 3 heteroatoms. The van der Waals surface area contributed by atoms with E-state index in [1.165, 1.54) is 16.7 Å². The van der Waals surface area contributed by atoms with E-state index in [-0.39, 0.29) is 11.9 Å². The van der Waals surface area contributed by atoms with Crippen molar-refractivity contribution in [2.45, 2.75) is 39.2 Å². The number of nitrogens with one attached hydrogen (secondary N) is 1. The summed E-state index contributed by atoms with van der Waals surface area (Å²) in [5.74, 6) is 0.532. The second kappa shape index (κ2) is 6.07. The van der Waals surface area contributed by atoms with Gasteiger partial charge < -0.3 is 9.88 Å². The minimum absolute atomic E-state index is 0.109. The summed E-state index contributed by atoms with van der Waals surface area (Å²) in [4.78, 5) is 18.4. The Kier molecular flexibility index (Phi) is 3.87. The predicted molar refractivity (Wildman–Crippen MR) is 102 cm³/mol. The first-order valence-corrected chi connectivity index (χ1v) is 8.99. The first-order chi connectivity index (χ1) is 12.0. The van der Waals surface area contributed by atoms with Crippen LogP contribution in [0.4, 0.5) is 0 Å². The third-order valence-corrected chi connectivity index (χ3v) is 5.47. The van der Waals surface area contributed by atoms with Crippen molar-refractivity contribution in [1.82, 2.24) is 9.88 Å². The Balaban J connectivity index is 1.60. The van der Waals surface area contributed by atoms with Gasteiger partial charge >= 0.3 is 0 Å². The highest BCUT2D eigenvalue weighted by Crippen LogP contribution is 2.34. The molecule has 0 aliphatic carbocycles. The Hall–Kier alpha value is -2.55. The molecule has 0 saturated carbocycles. The van der Waals surface area contributed by atoms with Crippen LogP contribution < -0.4 is 0 Å². The Morgan fingerprint density at radius 1 is 1.12 bits per heavy atom. The van der Waals surface area contributed by atoms with Crippen molar-refractivity contribution in [2.24, 2.45) is 0 Å². The number of fused-ring (bicyclic) bond motifs is 1. The molecule has 25 heavy (non-hydrogen) atoms. The van der Waals surface area contributed by atoms with Crippen molar-refractivity contribution in [3.63, 3.8) is 0 Å². The Morgan fingerprint density at radius 2 is 1.92 bits per heavy atom. The average molecular weight is 332 g/mol. The molecule has 4 rings (SSSR count). The molecule has 3 nitrogen and oxygen atoms in total. The number of rotatable bonds is 2. The van der Waals surface area contributed by atoms with E-state index in [1.807, 2.05) is 11.0 Å². The summed E-state index contributed by atoms with van der Waals surface area (Å²) in [5, 5.41) is 1.09. The lowest BCUT2D eigenvalue weighted by Gasteiger charge is -2.20. The average Bonchev–Trinajstić information content (AvgIpc) is 3.18. The zero-order valence-corrected chi connectivity index (χ0v) is 15.0. The fourth-order valence-electron chi connectivity index (χ4n) is 4.09. The van der Waals surface area contributed by atoms with Crippen LogP contribution in [0.3, 0.4) is 0 Å². The van der Waals surface area contributed by atoms with Gasteiger partial charge in [0.2, 0.25) is 0 Å². The molecule has 0 bridgehead atoms. The zero-order valence-electron chi connectivity index (χ0n) is 15.0. The molecule has 0 unspecified atom stereocenters. The van der Waals surface area contributed by atoms with Crippen molar-refractivity contribution in [2.75, 3.05) is 6.54 Å². The molecule has 1 saturated heterocycles. The van der Waals surface area contributed by atoms with Gasteiger partial charge in [-0.3, -0.25) is 4.79 Å². The minimum atomic E-state index is 0.109. The highest BCUT2D eigenvalue weighted by Gasteiger charge is 2.34. The molecule has 2 aromatic carbocycles. The van der Waals surface area contributed by atoms with Gasteiger partial charge in [-0.15, -0.1) is 0 Å². The summed E-state index contributed by atoms with van der Waals surface area (Å²) in [5.41, 5.74) is 5.61. The highest BCUT2D eigenvalue weighted by atomic mass is 16.2. The number of aromatic nitrogens is 1. The summed E-state index contributed by atoms with van der Waals surface area (Å²) < 4.78 is 0. The van der Waals surface area contributed by atoms with Crippen LogP contribution >= 0.6 is 0 Å². The standard InChI is InChI=1S/C22H24N2O/c1-14-8-9-17-12-21(23-20(17)10-14)22(25)24-13-18(11-16(24)3)19-7-5-4-6-15(19)2/h4-10,12,16,18,23H,11,13H2,1-3H3/t16-,18-/m0/s1. The summed E-state index contributed by atoms with van der Waals surface area (Å²) in [6.45, 7) is 7.17. The molecule has 1 N–H and O–H groups in total. The van der Waals surface area contributed by atoms with Gasteiger partial charge in [0.1, 0.15) is 5.69 Å². The topological polar surface area (TPSA) is 36.1 Å². The summed E-state index contributed by atoms with van der Waals surface area (Å²) in [7, 11) is 0. The first kappa shape index (κ1) is 15.9. The monoisotopic (exact) mass is 332 g/mol. The lowest BCUT2D eigenvalue weighted by Crippen LogP contribution is -2.34. The third kappa shape index (κ3) is 2.84. The van der Waals surface area contributed by atoms with Crippen LogP contribution in [0.15, 0.2) is 48.5 Å². The maximum Gasteiger partial charge on any atom is 0.270 e. The number of nitrogens with zero attached hydrogens (tertiary/aromatic N) is 1. The Bertz CT molecular complexity index is 940. The van der Waals surface area contributed by atoms with Gasteiger partial charge in [0.05, 0.1) is 0 Å². The van der Waals surface area contributed by atoms with E-state index >= 15 is 0 Å². The molecule has 1 aliphatic heterocycles. The number of hydrogen-bond donors (Lipinski definition) is 1. The number of carbonyl (C=O) groups is 1. The fourth-order valence-corrected chi connectivity index (χ4v) is 4.09. The van der Waals surface area contributed by atoms with Crippen molar-refractivity contribution < 1.29 is 4.79 Å². The molecule has 1 amide bonds. The van der Waals surface area contributed by atoms with Crippen molar-refractivity contribution in [1.29, 1.82) is 0 Å². The van der Waals surface area contributed by atoms with Crippen LogP contribution in [-0.4, -0.2) is 28.4 Å². The molecule has 1 fully saturated rings. The van der Waals surface area contributed by atoms with Crippen molar-refractivity contribution in [3.05, 3.63) is 70.9 Å². The van der Waals surface area contributed by atoms with Crippen molar-refractivity contribution in [3.8, 4) is 0 Å².